The van der Waals surface area contributed by atoms with Gasteiger partial charge in [0.25, 0.3) is 0 Å². The van der Waals surface area contributed by atoms with Crippen LogP contribution in [0.2, 0.25) is 5.02 Å². The second-order valence-corrected chi connectivity index (χ2v) is 6.36. The van der Waals surface area contributed by atoms with Crippen molar-refractivity contribution >= 4 is 17.3 Å². The highest BCUT2D eigenvalue weighted by Gasteiger charge is 2.38. The van der Waals surface area contributed by atoms with E-state index in [1.165, 1.54) is 11.1 Å². The maximum atomic E-state index is 6.43. The lowest BCUT2D eigenvalue weighted by Gasteiger charge is -2.38. The number of halogens is 1. The highest BCUT2D eigenvalue weighted by Crippen LogP contribution is 2.51. The van der Waals surface area contributed by atoms with Gasteiger partial charge in [0.2, 0.25) is 0 Å². The van der Waals surface area contributed by atoms with E-state index in [9.17, 15) is 0 Å². The summed E-state index contributed by atoms with van der Waals surface area (Å²) in [5, 5.41) is 4.48. The largest absolute Gasteiger partial charge is 0.497 e. The highest BCUT2D eigenvalue weighted by molar-refractivity contribution is 6.33. The summed E-state index contributed by atoms with van der Waals surface area (Å²) in [5.41, 5.74) is 3.68. The van der Waals surface area contributed by atoms with Crippen LogP contribution >= 0.6 is 11.6 Å². The first-order valence-corrected chi connectivity index (χ1v) is 8.01. The van der Waals surface area contributed by atoms with Crippen molar-refractivity contribution in [3.05, 3.63) is 70.8 Å². The van der Waals surface area contributed by atoms with Crippen molar-refractivity contribution in [2.75, 3.05) is 12.4 Å². The standard InChI is InChI=1S/C19H18ClNO/c1-22-13-10-8-12(9-11-13)18-15-5-2-4-14(15)16-6-3-7-17(20)19(16)21-18/h2-4,6-11,14-15,18,21H,5H2,1H3. The molecule has 2 nitrogen and oxygen atoms in total. The summed E-state index contributed by atoms with van der Waals surface area (Å²) in [5.74, 6) is 1.88. The average Bonchev–Trinajstić information content (AvgIpc) is 3.05. The molecule has 0 saturated carbocycles. The van der Waals surface area contributed by atoms with Gasteiger partial charge < -0.3 is 10.1 Å². The highest BCUT2D eigenvalue weighted by atomic mass is 35.5. The quantitative estimate of drug-likeness (QED) is 0.772. The van der Waals surface area contributed by atoms with Crippen LogP contribution < -0.4 is 10.1 Å². The monoisotopic (exact) mass is 311 g/mol. The van der Waals surface area contributed by atoms with E-state index in [1.807, 2.05) is 24.3 Å². The Morgan fingerprint density at radius 1 is 1.14 bits per heavy atom. The molecule has 2 aromatic rings. The fourth-order valence-corrected chi connectivity index (χ4v) is 3.96. The summed E-state index contributed by atoms with van der Waals surface area (Å²) < 4.78 is 5.26. The Morgan fingerprint density at radius 3 is 2.73 bits per heavy atom. The molecular formula is C19H18ClNO. The van der Waals surface area contributed by atoms with Crippen molar-refractivity contribution in [3.8, 4) is 5.75 Å². The summed E-state index contributed by atoms with van der Waals surface area (Å²) in [6.07, 6.45) is 5.72. The van der Waals surface area contributed by atoms with Gasteiger partial charge in [-0.25, -0.2) is 0 Å². The van der Waals surface area contributed by atoms with Crippen LogP contribution in [-0.2, 0) is 0 Å². The van der Waals surface area contributed by atoms with Crippen LogP contribution in [0.25, 0.3) is 0 Å². The molecule has 1 aliphatic carbocycles. The zero-order valence-electron chi connectivity index (χ0n) is 12.4. The second kappa shape index (κ2) is 5.36. The predicted molar refractivity (Wildman–Crippen MR) is 90.8 cm³/mol. The predicted octanol–water partition coefficient (Wildman–Crippen LogP) is 5.18. The van der Waals surface area contributed by atoms with Crippen LogP contribution in [-0.4, -0.2) is 7.11 Å². The Balaban J connectivity index is 1.76. The van der Waals surface area contributed by atoms with Crippen LogP contribution in [0, 0.1) is 5.92 Å². The lowest BCUT2D eigenvalue weighted by molar-refractivity contribution is 0.411. The molecule has 3 atom stereocenters. The lowest BCUT2D eigenvalue weighted by atomic mass is 9.77. The zero-order chi connectivity index (χ0) is 15.1. The van der Waals surface area contributed by atoms with E-state index in [0.717, 1.165) is 22.9 Å². The van der Waals surface area contributed by atoms with Crippen LogP contribution in [0.5, 0.6) is 5.75 Å². The molecule has 4 rings (SSSR count). The normalized spacial score (nSPS) is 25.3. The summed E-state index contributed by atoms with van der Waals surface area (Å²) >= 11 is 6.43. The summed E-state index contributed by atoms with van der Waals surface area (Å²) in [4.78, 5) is 0. The van der Waals surface area contributed by atoms with Crippen molar-refractivity contribution in [3.63, 3.8) is 0 Å². The maximum absolute atomic E-state index is 6.43. The van der Waals surface area contributed by atoms with Crippen molar-refractivity contribution in [1.82, 2.24) is 0 Å². The number of hydrogen-bond acceptors (Lipinski definition) is 2. The van der Waals surface area contributed by atoms with Crippen molar-refractivity contribution in [1.29, 1.82) is 0 Å². The van der Waals surface area contributed by atoms with E-state index in [4.69, 9.17) is 16.3 Å². The lowest BCUT2D eigenvalue weighted by Crippen LogP contribution is -2.29. The SMILES string of the molecule is COc1ccc(C2Nc3c(Cl)cccc3C3C=CCC32)cc1. The smallest absolute Gasteiger partial charge is 0.118 e. The number of hydrogen-bond donors (Lipinski definition) is 1. The van der Waals surface area contributed by atoms with Crippen molar-refractivity contribution in [2.24, 2.45) is 5.92 Å². The second-order valence-electron chi connectivity index (χ2n) is 5.95. The minimum atomic E-state index is 0.276. The van der Waals surface area contributed by atoms with Gasteiger partial charge in [-0.05, 0) is 41.7 Å². The Hall–Kier alpha value is -1.93. The fourth-order valence-electron chi connectivity index (χ4n) is 3.72. The Morgan fingerprint density at radius 2 is 1.95 bits per heavy atom. The van der Waals surface area contributed by atoms with Crippen molar-refractivity contribution < 1.29 is 4.74 Å². The van der Waals surface area contributed by atoms with E-state index >= 15 is 0 Å². The van der Waals surface area contributed by atoms with Gasteiger partial charge in [0.15, 0.2) is 0 Å². The minimum Gasteiger partial charge on any atom is -0.497 e. The number of methoxy groups -OCH3 is 1. The number of ether oxygens (including phenoxy) is 1. The van der Waals surface area contributed by atoms with Gasteiger partial charge in [0.05, 0.1) is 23.9 Å². The molecule has 1 aliphatic heterocycles. The number of allylic oxidation sites excluding steroid dienone is 2. The first-order valence-electron chi connectivity index (χ1n) is 7.63. The van der Waals surface area contributed by atoms with Crippen LogP contribution in [0.3, 0.4) is 0 Å². The first-order chi connectivity index (χ1) is 10.8. The summed E-state index contributed by atoms with van der Waals surface area (Å²) in [7, 11) is 1.70. The molecule has 0 saturated heterocycles. The van der Waals surface area contributed by atoms with Crippen LogP contribution in [0.4, 0.5) is 5.69 Å². The molecule has 0 fully saturated rings. The molecular weight excluding hydrogens is 294 g/mol. The maximum Gasteiger partial charge on any atom is 0.118 e. The Bertz CT molecular complexity index is 723. The minimum absolute atomic E-state index is 0.276. The van der Waals surface area contributed by atoms with Gasteiger partial charge in [-0.15, -0.1) is 0 Å². The van der Waals surface area contributed by atoms with Crippen molar-refractivity contribution in [2.45, 2.75) is 18.4 Å². The van der Waals surface area contributed by atoms with E-state index < -0.39 is 0 Å². The topological polar surface area (TPSA) is 21.3 Å². The van der Waals surface area contributed by atoms with Gasteiger partial charge in [-0.2, -0.15) is 0 Å². The Labute approximate surface area is 135 Å². The molecule has 112 valence electrons. The van der Waals surface area contributed by atoms with Gasteiger partial charge in [0, 0.05) is 5.92 Å². The molecule has 2 aliphatic rings. The molecule has 1 N–H and O–H groups in total. The van der Waals surface area contributed by atoms with Gasteiger partial charge >= 0.3 is 0 Å². The third-order valence-corrected chi connectivity index (χ3v) is 5.14. The molecule has 2 aromatic carbocycles. The molecule has 0 bridgehead atoms. The van der Waals surface area contributed by atoms with E-state index in [1.54, 1.807) is 7.11 Å². The number of nitrogens with one attached hydrogen (secondary N) is 1. The van der Waals surface area contributed by atoms with Gasteiger partial charge in [0.1, 0.15) is 5.75 Å². The van der Waals surface area contributed by atoms with E-state index in [2.05, 4.69) is 35.7 Å². The Kier molecular flexibility index (Phi) is 3.34. The summed E-state index contributed by atoms with van der Waals surface area (Å²) in [6.45, 7) is 0. The molecule has 3 heteroatoms. The van der Waals surface area contributed by atoms with E-state index in [0.29, 0.717) is 11.8 Å². The third-order valence-electron chi connectivity index (χ3n) is 4.82. The molecule has 0 spiro atoms. The number of para-hydroxylation sites is 1. The number of benzene rings is 2. The number of rotatable bonds is 2. The molecule has 0 aromatic heterocycles. The van der Waals surface area contributed by atoms with Crippen LogP contribution in [0.1, 0.15) is 29.5 Å². The fraction of sp³-hybridized carbons (Fsp3) is 0.263. The number of anilines is 1. The average molecular weight is 312 g/mol. The molecule has 0 radical (unpaired) electrons. The number of fused-ring (bicyclic) bond motifs is 3. The van der Waals surface area contributed by atoms with Gasteiger partial charge in [-0.3, -0.25) is 0 Å². The van der Waals surface area contributed by atoms with Crippen LogP contribution in [0.15, 0.2) is 54.6 Å². The molecule has 0 amide bonds. The van der Waals surface area contributed by atoms with E-state index in [-0.39, 0.29) is 6.04 Å². The van der Waals surface area contributed by atoms with Gasteiger partial charge in [-0.1, -0.05) is 48.0 Å². The molecule has 3 unspecified atom stereocenters. The zero-order valence-corrected chi connectivity index (χ0v) is 13.2. The first kappa shape index (κ1) is 13.7. The third kappa shape index (κ3) is 2.10. The summed E-state index contributed by atoms with van der Waals surface area (Å²) in [6, 6.07) is 14.8. The molecule has 1 heterocycles. The molecule has 22 heavy (non-hydrogen) atoms.